The second-order valence-corrected chi connectivity index (χ2v) is 5.90. The van der Waals surface area contributed by atoms with Crippen molar-refractivity contribution in [2.75, 3.05) is 60.2 Å². The molecule has 24 heavy (non-hydrogen) atoms. The van der Waals surface area contributed by atoms with Gasteiger partial charge < -0.3 is 29.2 Å². The van der Waals surface area contributed by atoms with E-state index in [1.165, 1.54) is 14.2 Å². The van der Waals surface area contributed by atoms with Crippen LogP contribution in [0.1, 0.15) is 10.4 Å². The highest BCUT2D eigenvalue weighted by Crippen LogP contribution is 2.25. The van der Waals surface area contributed by atoms with Crippen molar-refractivity contribution in [3.8, 4) is 11.8 Å². The number of morpholine rings is 1. The molecule has 1 aromatic rings. The quantitative estimate of drug-likeness (QED) is 0.827. The molecule has 2 saturated heterocycles. The molecular formula is C16H23N3O5. The van der Waals surface area contributed by atoms with Gasteiger partial charge in [-0.1, -0.05) is 0 Å². The van der Waals surface area contributed by atoms with E-state index in [-0.39, 0.29) is 11.8 Å². The molecule has 0 saturated carbocycles. The monoisotopic (exact) mass is 337 g/mol. The molecule has 1 atom stereocenters. The second kappa shape index (κ2) is 7.33. The molecule has 1 N–H and O–H groups in total. The lowest BCUT2D eigenvalue weighted by molar-refractivity contribution is -0.125. The zero-order valence-electron chi connectivity index (χ0n) is 14.0. The minimum absolute atomic E-state index is 0.131. The van der Waals surface area contributed by atoms with Crippen LogP contribution in [0, 0.1) is 0 Å². The Hall–Kier alpha value is -1.90. The van der Waals surface area contributed by atoms with E-state index in [1.807, 2.05) is 0 Å². The number of methoxy groups -OCH3 is 2. The maximum absolute atomic E-state index is 12.9. The minimum Gasteiger partial charge on any atom is -0.481 e. The van der Waals surface area contributed by atoms with E-state index in [9.17, 15) is 4.79 Å². The Labute approximate surface area is 141 Å². The highest BCUT2D eigenvalue weighted by atomic mass is 16.5. The van der Waals surface area contributed by atoms with Gasteiger partial charge in [-0.3, -0.25) is 4.79 Å². The molecule has 2 aliphatic rings. The van der Waals surface area contributed by atoms with Crippen LogP contribution in [0.25, 0.3) is 0 Å². The highest BCUT2D eigenvalue weighted by molar-refractivity contribution is 5.96. The summed E-state index contributed by atoms with van der Waals surface area (Å²) in [5, 5.41) is 3.30. The van der Waals surface area contributed by atoms with E-state index in [1.54, 1.807) is 17.0 Å². The smallest absolute Gasteiger partial charge is 0.259 e. The summed E-state index contributed by atoms with van der Waals surface area (Å²) >= 11 is 0. The van der Waals surface area contributed by atoms with Gasteiger partial charge in [0.05, 0.1) is 40.6 Å². The van der Waals surface area contributed by atoms with Crippen LogP contribution in [-0.4, -0.2) is 81.6 Å². The fraction of sp³-hybridized carbons (Fsp3) is 0.625. The lowest BCUT2D eigenvalue weighted by Gasteiger charge is -2.41. The molecule has 0 unspecified atom stereocenters. The van der Waals surface area contributed by atoms with Crippen molar-refractivity contribution < 1.29 is 23.7 Å². The van der Waals surface area contributed by atoms with Gasteiger partial charge in [-0.25, -0.2) is 0 Å². The number of hydrogen-bond donors (Lipinski definition) is 1. The molecule has 8 nitrogen and oxygen atoms in total. The van der Waals surface area contributed by atoms with E-state index in [0.717, 1.165) is 6.54 Å². The lowest BCUT2D eigenvalue weighted by atomic mass is 10.0. The maximum Gasteiger partial charge on any atom is 0.259 e. The normalized spacial score (nSPS) is 24.5. The highest BCUT2D eigenvalue weighted by Gasteiger charge is 2.40. The van der Waals surface area contributed by atoms with Gasteiger partial charge >= 0.3 is 0 Å². The maximum atomic E-state index is 12.9. The van der Waals surface area contributed by atoms with Crippen molar-refractivity contribution in [2.24, 2.45) is 0 Å². The van der Waals surface area contributed by atoms with Crippen LogP contribution in [0.5, 0.6) is 11.8 Å². The third-order valence-corrected chi connectivity index (χ3v) is 4.24. The molecule has 0 aliphatic carbocycles. The predicted octanol–water partition coefficient (Wildman–Crippen LogP) is -0.0702. The number of nitrogens with one attached hydrogen (secondary N) is 1. The molecule has 1 spiro atoms. The van der Waals surface area contributed by atoms with Gasteiger partial charge in [-0.15, -0.1) is 0 Å². The van der Waals surface area contributed by atoms with Gasteiger partial charge in [-0.2, -0.15) is 4.98 Å². The van der Waals surface area contributed by atoms with Crippen LogP contribution in [0.4, 0.5) is 0 Å². The van der Waals surface area contributed by atoms with Gasteiger partial charge in [0.15, 0.2) is 0 Å². The number of carbonyl (C=O) groups excluding carboxylic acids is 1. The third kappa shape index (κ3) is 3.45. The number of nitrogens with zero attached hydrogens (tertiary/aromatic N) is 2. The van der Waals surface area contributed by atoms with E-state index < -0.39 is 5.60 Å². The Morgan fingerprint density at radius 3 is 3.00 bits per heavy atom. The number of carbonyl (C=O) groups is 1. The number of amides is 1. The molecule has 3 heterocycles. The molecule has 3 rings (SSSR count). The average molecular weight is 337 g/mol. The minimum atomic E-state index is -0.502. The molecule has 2 fully saturated rings. The van der Waals surface area contributed by atoms with Crippen LogP contribution >= 0.6 is 0 Å². The topological polar surface area (TPSA) is 82.2 Å². The first kappa shape index (κ1) is 16.9. The summed E-state index contributed by atoms with van der Waals surface area (Å²) in [6.07, 6.45) is 0. The van der Waals surface area contributed by atoms with Crippen molar-refractivity contribution in [3.05, 3.63) is 17.7 Å². The molecule has 0 aromatic carbocycles. The van der Waals surface area contributed by atoms with Crippen molar-refractivity contribution in [3.63, 3.8) is 0 Å². The fourth-order valence-electron chi connectivity index (χ4n) is 3.01. The SMILES string of the molecule is COc1ccc(C(=O)N2CCO[C@]3(CNCCOC3)C2)c(OC)n1. The molecule has 2 aliphatic heterocycles. The Morgan fingerprint density at radius 1 is 1.33 bits per heavy atom. The Morgan fingerprint density at radius 2 is 2.21 bits per heavy atom. The zero-order valence-corrected chi connectivity index (χ0v) is 14.0. The van der Waals surface area contributed by atoms with Crippen molar-refractivity contribution in [1.29, 1.82) is 0 Å². The Kier molecular flexibility index (Phi) is 5.17. The summed E-state index contributed by atoms with van der Waals surface area (Å²) in [5.41, 5.74) is -0.0878. The molecular weight excluding hydrogens is 314 g/mol. The summed E-state index contributed by atoms with van der Waals surface area (Å²) in [7, 11) is 3.01. The Bertz CT molecular complexity index is 587. The molecule has 0 radical (unpaired) electrons. The first-order valence-electron chi connectivity index (χ1n) is 7.98. The number of ether oxygens (including phenoxy) is 4. The summed E-state index contributed by atoms with van der Waals surface area (Å²) in [5.74, 6) is 0.535. The van der Waals surface area contributed by atoms with Crippen molar-refractivity contribution in [2.45, 2.75) is 5.60 Å². The standard InChI is InChI=1S/C16H23N3O5/c1-21-13-4-3-12(14(18-13)22-2)15(20)19-6-8-24-16(10-19)9-17-5-7-23-11-16/h3-4,17H,5-11H2,1-2H3/t16-/m1/s1. The largest absolute Gasteiger partial charge is 0.481 e. The van der Waals surface area contributed by atoms with Gasteiger partial charge in [0, 0.05) is 25.7 Å². The van der Waals surface area contributed by atoms with Gasteiger partial charge in [0.2, 0.25) is 11.8 Å². The first-order valence-corrected chi connectivity index (χ1v) is 7.98. The predicted molar refractivity (Wildman–Crippen MR) is 85.6 cm³/mol. The summed E-state index contributed by atoms with van der Waals surface area (Å²) in [4.78, 5) is 18.9. The molecule has 1 amide bonds. The van der Waals surface area contributed by atoms with Crippen LogP contribution in [0.2, 0.25) is 0 Å². The van der Waals surface area contributed by atoms with Gasteiger partial charge in [0.1, 0.15) is 11.2 Å². The fourth-order valence-corrected chi connectivity index (χ4v) is 3.01. The number of hydrogen-bond acceptors (Lipinski definition) is 7. The number of pyridine rings is 1. The number of rotatable bonds is 3. The molecule has 132 valence electrons. The van der Waals surface area contributed by atoms with E-state index in [4.69, 9.17) is 18.9 Å². The van der Waals surface area contributed by atoms with Crippen LogP contribution in [0.15, 0.2) is 12.1 Å². The average Bonchev–Trinajstić information content (AvgIpc) is 2.86. The molecule has 1 aromatic heterocycles. The molecule has 0 bridgehead atoms. The Balaban J connectivity index is 1.79. The van der Waals surface area contributed by atoms with E-state index in [2.05, 4.69) is 10.3 Å². The summed E-state index contributed by atoms with van der Waals surface area (Å²) in [6.45, 7) is 4.04. The first-order chi connectivity index (χ1) is 11.7. The van der Waals surface area contributed by atoms with Gasteiger partial charge in [0.25, 0.3) is 5.91 Å². The number of aromatic nitrogens is 1. The van der Waals surface area contributed by atoms with Crippen LogP contribution in [0.3, 0.4) is 0 Å². The van der Waals surface area contributed by atoms with Crippen LogP contribution < -0.4 is 14.8 Å². The van der Waals surface area contributed by atoms with E-state index in [0.29, 0.717) is 50.9 Å². The van der Waals surface area contributed by atoms with Crippen molar-refractivity contribution >= 4 is 5.91 Å². The molecule has 8 heteroatoms. The van der Waals surface area contributed by atoms with E-state index >= 15 is 0 Å². The third-order valence-electron chi connectivity index (χ3n) is 4.24. The van der Waals surface area contributed by atoms with Crippen LogP contribution in [-0.2, 0) is 9.47 Å². The summed E-state index contributed by atoms with van der Waals surface area (Å²) in [6, 6.07) is 3.33. The zero-order chi connectivity index (χ0) is 17.0. The lowest BCUT2D eigenvalue weighted by Crippen LogP contribution is -2.59. The van der Waals surface area contributed by atoms with Gasteiger partial charge in [-0.05, 0) is 6.07 Å². The second-order valence-electron chi connectivity index (χ2n) is 5.90. The summed E-state index contributed by atoms with van der Waals surface area (Å²) < 4.78 is 21.9. The van der Waals surface area contributed by atoms with Crippen molar-refractivity contribution in [1.82, 2.24) is 15.2 Å².